The molecule has 2 rings (SSSR count). The third-order valence-corrected chi connectivity index (χ3v) is 2.86. The lowest BCUT2D eigenvalue weighted by molar-refractivity contribution is 0.102. The number of nitrogens with zero attached hydrogens (tertiary/aromatic N) is 2. The maximum Gasteiger partial charge on any atom is 0.255 e. The van der Waals surface area contributed by atoms with Crippen LogP contribution in [0.2, 0.25) is 5.02 Å². The van der Waals surface area contributed by atoms with Crippen molar-refractivity contribution in [1.82, 2.24) is 4.98 Å². The number of aromatic nitrogens is 1. The number of hydrogen-bond acceptors (Lipinski definition) is 4. The first-order chi connectivity index (χ1) is 9.47. The largest absolute Gasteiger partial charge is 0.399 e. The molecule has 104 valence electrons. The Morgan fingerprint density at radius 3 is 2.75 bits per heavy atom. The molecule has 0 atom stereocenters. The minimum atomic E-state index is -0.282. The lowest BCUT2D eigenvalue weighted by Crippen LogP contribution is -2.17. The third-order valence-electron chi connectivity index (χ3n) is 2.64. The molecule has 1 aromatic heterocycles. The first-order valence-corrected chi connectivity index (χ1v) is 6.35. The van der Waals surface area contributed by atoms with Crippen molar-refractivity contribution in [2.24, 2.45) is 0 Å². The summed E-state index contributed by atoms with van der Waals surface area (Å²) < 4.78 is 0. The van der Waals surface area contributed by atoms with Crippen molar-refractivity contribution in [2.75, 3.05) is 30.0 Å². The van der Waals surface area contributed by atoms with E-state index >= 15 is 0 Å². The summed E-state index contributed by atoms with van der Waals surface area (Å²) in [5.41, 5.74) is 7.16. The van der Waals surface area contributed by atoms with Crippen molar-refractivity contribution < 1.29 is 4.79 Å². The van der Waals surface area contributed by atoms with E-state index in [1.807, 2.05) is 19.0 Å². The second-order valence-electron chi connectivity index (χ2n) is 4.50. The van der Waals surface area contributed by atoms with E-state index in [1.165, 1.54) is 0 Å². The van der Waals surface area contributed by atoms with Gasteiger partial charge in [-0.05, 0) is 30.3 Å². The summed E-state index contributed by atoms with van der Waals surface area (Å²) >= 11 is 5.90. The Morgan fingerprint density at radius 2 is 2.10 bits per heavy atom. The van der Waals surface area contributed by atoms with Crippen LogP contribution in [0.1, 0.15) is 10.4 Å². The molecule has 5 nitrogen and oxygen atoms in total. The molecule has 0 radical (unpaired) electrons. The summed E-state index contributed by atoms with van der Waals surface area (Å²) in [6, 6.07) is 8.28. The predicted octanol–water partition coefficient (Wildman–Crippen LogP) is 2.64. The van der Waals surface area contributed by atoms with Crippen molar-refractivity contribution in [3.05, 3.63) is 47.1 Å². The minimum Gasteiger partial charge on any atom is -0.399 e. The molecule has 0 aliphatic rings. The molecule has 1 aromatic carbocycles. The number of nitrogens with one attached hydrogen (secondary N) is 1. The van der Waals surface area contributed by atoms with Crippen LogP contribution in [-0.2, 0) is 0 Å². The van der Waals surface area contributed by atoms with Crippen LogP contribution in [0.15, 0.2) is 36.5 Å². The van der Waals surface area contributed by atoms with Gasteiger partial charge in [-0.15, -0.1) is 0 Å². The SMILES string of the molecule is CN(C)c1ncccc1NC(=O)c1cc(N)cc(Cl)c1. The van der Waals surface area contributed by atoms with Crippen LogP contribution >= 0.6 is 11.6 Å². The zero-order valence-corrected chi connectivity index (χ0v) is 12.0. The fourth-order valence-corrected chi connectivity index (χ4v) is 2.03. The quantitative estimate of drug-likeness (QED) is 0.853. The molecule has 0 spiro atoms. The number of nitrogen functional groups attached to an aromatic ring is 1. The highest BCUT2D eigenvalue weighted by Gasteiger charge is 2.12. The number of hydrogen-bond donors (Lipinski definition) is 2. The van der Waals surface area contributed by atoms with Crippen molar-refractivity contribution >= 4 is 34.7 Å². The van der Waals surface area contributed by atoms with Crippen molar-refractivity contribution in [1.29, 1.82) is 0 Å². The highest BCUT2D eigenvalue weighted by molar-refractivity contribution is 6.31. The number of carbonyl (C=O) groups is 1. The molecule has 6 heteroatoms. The van der Waals surface area contributed by atoms with Crippen LogP contribution in [-0.4, -0.2) is 25.0 Å². The van der Waals surface area contributed by atoms with Gasteiger partial charge >= 0.3 is 0 Å². The Bertz CT molecular complexity index is 623. The second kappa shape index (κ2) is 5.79. The second-order valence-corrected chi connectivity index (χ2v) is 4.93. The van der Waals surface area contributed by atoms with E-state index < -0.39 is 0 Å². The van der Waals surface area contributed by atoms with Gasteiger partial charge in [-0.3, -0.25) is 4.79 Å². The topological polar surface area (TPSA) is 71.2 Å². The Balaban J connectivity index is 2.28. The summed E-state index contributed by atoms with van der Waals surface area (Å²) in [5, 5.41) is 3.23. The fraction of sp³-hybridized carbons (Fsp3) is 0.143. The molecule has 1 heterocycles. The highest BCUT2D eigenvalue weighted by atomic mass is 35.5. The molecule has 3 N–H and O–H groups in total. The van der Waals surface area contributed by atoms with E-state index in [9.17, 15) is 4.79 Å². The highest BCUT2D eigenvalue weighted by Crippen LogP contribution is 2.22. The number of halogens is 1. The number of rotatable bonds is 3. The maximum atomic E-state index is 12.2. The lowest BCUT2D eigenvalue weighted by Gasteiger charge is -2.16. The van der Waals surface area contributed by atoms with E-state index in [1.54, 1.807) is 36.5 Å². The standard InChI is InChI=1S/C14H15ClN4O/c1-19(2)13-12(4-3-5-17-13)18-14(20)9-6-10(15)8-11(16)7-9/h3-8H,16H2,1-2H3,(H,18,20). The van der Waals surface area contributed by atoms with E-state index in [2.05, 4.69) is 10.3 Å². The molecule has 1 amide bonds. The van der Waals surface area contributed by atoms with Gasteiger partial charge < -0.3 is 16.0 Å². The molecular weight excluding hydrogens is 276 g/mol. The zero-order valence-electron chi connectivity index (χ0n) is 11.2. The molecule has 0 saturated heterocycles. The third kappa shape index (κ3) is 3.19. The Hall–Kier alpha value is -2.27. The Kier molecular flexibility index (Phi) is 4.10. The number of pyridine rings is 1. The van der Waals surface area contributed by atoms with Gasteiger partial charge in [0.2, 0.25) is 0 Å². The molecule has 0 aliphatic carbocycles. The van der Waals surface area contributed by atoms with E-state index in [4.69, 9.17) is 17.3 Å². The van der Waals surface area contributed by atoms with Gasteiger partial charge in [0.1, 0.15) is 0 Å². The zero-order chi connectivity index (χ0) is 14.7. The summed E-state index contributed by atoms with van der Waals surface area (Å²) in [4.78, 5) is 18.3. The van der Waals surface area contributed by atoms with Crippen LogP contribution in [0.4, 0.5) is 17.2 Å². The molecule has 2 aromatic rings. The molecule has 0 aliphatic heterocycles. The van der Waals surface area contributed by atoms with E-state index in [-0.39, 0.29) is 5.91 Å². The molecule has 0 unspecified atom stereocenters. The summed E-state index contributed by atoms with van der Waals surface area (Å²) in [6.45, 7) is 0. The van der Waals surface area contributed by atoms with Gasteiger partial charge in [-0.25, -0.2) is 4.98 Å². The first kappa shape index (κ1) is 14.1. The average molecular weight is 291 g/mol. The molecule has 0 bridgehead atoms. The van der Waals surface area contributed by atoms with Gasteiger partial charge in [0.05, 0.1) is 5.69 Å². The van der Waals surface area contributed by atoms with Gasteiger partial charge in [0.15, 0.2) is 5.82 Å². The average Bonchev–Trinajstić information content (AvgIpc) is 2.37. The summed E-state index contributed by atoms with van der Waals surface area (Å²) in [7, 11) is 3.71. The Morgan fingerprint density at radius 1 is 1.35 bits per heavy atom. The van der Waals surface area contributed by atoms with Crippen LogP contribution < -0.4 is 16.0 Å². The number of benzene rings is 1. The monoisotopic (exact) mass is 290 g/mol. The van der Waals surface area contributed by atoms with E-state index in [0.29, 0.717) is 27.8 Å². The number of anilines is 3. The predicted molar refractivity (Wildman–Crippen MR) is 82.4 cm³/mol. The van der Waals surface area contributed by atoms with Gasteiger partial charge in [-0.1, -0.05) is 11.6 Å². The number of amides is 1. The van der Waals surface area contributed by atoms with Gasteiger partial charge in [-0.2, -0.15) is 0 Å². The van der Waals surface area contributed by atoms with Gasteiger partial charge in [0.25, 0.3) is 5.91 Å². The summed E-state index contributed by atoms with van der Waals surface area (Å²) in [6.07, 6.45) is 1.67. The Labute approximate surface area is 122 Å². The normalized spacial score (nSPS) is 10.2. The maximum absolute atomic E-state index is 12.2. The van der Waals surface area contributed by atoms with Crippen LogP contribution in [0.25, 0.3) is 0 Å². The van der Waals surface area contributed by atoms with E-state index in [0.717, 1.165) is 0 Å². The smallest absolute Gasteiger partial charge is 0.255 e. The lowest BCUT2D eigenvalue weighted by atomic mass is 10.2. The van der Waals surface area contributed by atoms with Crippen molar-refractivity contribution in [2.45, 2.75) is 0 Å². The molecule has 0 fully saturated rings. The van der Waals surface area contributed by atoms with Crippen LogP contribution in [0.5, 0.6) is 0 Å². The summed E-state index contributed by atoms with van der Waals surface area (Å²) in [5.74, 6) is 0.395. The fourth-order valence-electron chi connectivity index (χ4n) is 1.79. The van der Waals surface area contributed by atoms with Crippen LogP contribution in [0.3, 0.4) is 0 Å². The van der Waals surface area contributed by atoms with Crippen LogP contribution in [0, 0.1) is 0 Å². The van der Waals surface area contributed by atoms with Crippen molar-refractivity contribution in [3.63, 3.8) is 0 Å². The number of carbonyl (C=O) groups excluding carboxylic acids is 1. The number of nitrogens with two attached hydrogens (primary N) is 1. The molecular formula is C14H15ClN4O. The van der Waals surface area contributed by atoms with Gasteiger partial charge in [0, 0.05) is 36.6 Å². The van der Waals surface area contributed by atoms with Crippen molar-refractivity contribution in [3.8, 4) is 0 Å². The first-order valence-electron chi connectivity index (χ1n) is 5.97. The molecule has 0 saturated carbocycles. The molecule has 20 heavy (non-hydrogen) atoms. The minimum absolute atomic E-state index is 0.282.